The van der Waals surface area contributed by atoms with Crippen molar-refractivity contribution in [3.8, 4) is 0 Å². The maximum Gasteiger partial charge on any atom is 0.312 e. The summed E-state index contributed by atoms with van der Waals surface area (Å²) in [5, 5.41) is 0. The van der Waals surface area contributed by atoms with E-state index in [4.69, 9.17) is 4.74 Å². The third kappa shape index (κ3) is 3.15. The van der Waals surface area contributed by atoms with Crippen molar-refractivity contribution in [1.82, 2.24) is 8.61 Å². The molecule has 0 aromatic heterocycles. The molecule has 0 amide bonds. The largest absolute Gasteiger partial charge is 0.464 e. The van der Waals surface area contributed by atoms with Crippen LogP contribution in [-0.2, 0) is 19.7 Å². The summed E-state index contributed by atoms with van der Waals surface area (Å²) >= 11 is 0. The maximum atomic E-state index is 12.7. The second-order valence-corrected chi connectivity index (χ2v) is 10.2. The van der Waals surface area contributed by atoms with Crippen molar-refractivity contribution in [2.75, 3.05) is 34.3 Å². The predicted molar refractivity (Wildman–Crippen MR) is 86.8 cm³/mol. The third-order valence-electron chi connectivity index (χ3n) is 5.97. The van der Waals surface area contributed by atoms with Gasteiger partial charge in [0, 0.05) is 27.7 Å². The van der Waals surface area contributed by atoms with E-state index in [0.717, 1.165) is 23.6 Å². The molecule has 0 unspecified atom stereocenters. The van der Waals surface area contributed by atoms with E-state index >= 15 is 0 Å². The van der Waals surface area contributed by atoms with Gasteiger partial charge in [-0.25, -0.2) is 0 Å². The summed E-state index contributed by atoms with van der Waals surface area (Å²) in [5.41, 5.74) is -0.270. The molecule has 4 aliphatic rings. The van der Waals surface area contributed by atoms with E-state index in [1.54, 1.807) is 0 Å². The van der Waals surface area contributed by atoms with Gasteiger partial charge in [0.05, 0.1) is 5.41 Å². The molecule has 6 nitrogen and oxygen atoms in total. The van der Waals surface area contributed by atoms with Crippen LogP contribution < -0.4 is 0 Å². The first kappa shape index (κ1) is 17.2. The average Bonchev–Trinajstić information content (AvgIpc) is 2.45. The maximum absolute atomic E-state index is 12.7. The highest BCUT2D eigenvalue weighted by molar-refractivity contribution is 7.86. The predicted octanol–water partition coefficient (Wildman–Crippen LogP) is 1.48. The lowest BCUT2D eigenvalue weighted by Crippen LogP contribution is -2.51. The fraction of sp³-hybridized carbons (Fsp3) is 0.938. The zero-order valence-corrected chi connectivity index (χ0v) is 15.1. The summed E-state index contributed by atoms with van der Waals surface area (Å²) in [7, 11) is 1.05. The smallest absolute Gasteiger partial charge is 0.312 e. The Hall–Kier alpha value is -0.660. The van der Waals surface area contributed by atoms with E-state index in [1.807, 2.05) is 0 Å². The monoisotopic (exact) mass is 344 g/mol. The first-order valence-electron chi connectivity index (χ1n) is 8.54. The molecule has 0 radical (unpaired) electrons. The molecule has 4 rings (SSSR count). The quantitative estimate of drug-likeness (QED) is 0.685. The van der Waals surface area contributed by atoms with Crippen molar-refractivity contribution < 1.29 is 17.9 Å². The second kappa shape index (κ2) is 6.01. The lowest BCUT2D eigenvalue weighted by atomic mass is 9.49. The normalized spacial score (nSPS) is 36.0. The van der Waals surface area contributed by atoms with E-state index in [0.29, 0.717) is 17.8 Å². The molecule has 132 valence electrons. The highest BCUT2D eigenvalue weighted by atomic mass is 32.2. The number of hydrogen-bond acceptors (Lipinski definition) is 4. The van der Waals surface area contributed by atoms with Gasteiger partial charge < -0.3 is 4.74 Å². The molecule has 23 heavy (non-hydrogen) atoms. The highest BCUT2D eigenvalue weighted by Gasteiger charge is 2.55. The van der Waals surface area contributed by atoms with Gasteiger partial charge in [0.2, 0.25) is 0 Å². The van der Waals surface area contributed by atoms with Crippen molar-refractivity contribution in [3.05, 3.63) is 0 Å². The highest BCUT2D eigenvalue weighted by Crippen LogP contribution is 2.60. The summed E-state index contributed by atoms with van der Waals surface area (Å²) in [4.78, 5) is 12.7. The van der Waals surface area contributed by atoms with Crippen LogP contribution in [0.25, 0.3) is 0 Å². The van der Waals surface area contributed by atoms with Gasteiger partial charge in [-0.1, -0.05) is 0 Å². The van der Waals surface area contributed by atoms with Gasteiger partial charge in [-0.05, 0) is 56.3 Å². The van der Waals surface area contributed by atoms with Crippen LogP contribution in [0.15, 0.2) is 0 Å². The molecular weight excluding hydrogens is 316 g/mol. The fourth-order valence-electron chi connectivity index (χ4n) is 5.17. The molecule has 4 aliphatic carbocycles. The average molecular weight is 344 g/mol. The van der Waals surface area contributed by atoms with Gasteiger partial charge in [-0.15, -0.1) is 0 Å². The molecule has 0 saturated heterocycles. The number of esters is 1. The van der Waals surface area contributed by atoms with Crippen LogP contribution in [-0.4, -0.2) is 57.3 Å². The van der Waals surface area contributed by atoms with Gasteiger partial charge in [-0.3, -0.25) is 4.79 Å². The van der Waals surface area contributed by atoms with Crippen LogP contribution in [0.1, 0.15) is 38.5 Å². The Morgan fingerprint density at radius 1 is 1.04 bits per heavy atom. The van der Waals surface area contributed by atoms with Gasteiger partial charge in [-0.2, -0.15) is 17.0 Å². The van der Waals surface area contributed by atoms with E-state index < -0.39 is 10.2 Å². The summed E-state index contributed by atoms with van der Waals surface area (Å²) in [6.45, 7) is 0.322. The fourth-order valence-corrected chi connectivity index (χ4v) is 6.04. The van der Waals surface area contributed by atoms with Crippen LogP contribution in [0, 0.1) is 23.2 Å². The van der Waals surface area contributed by atoms with Gasteiger partial charge in [0.15, 0.2) is 0 Å². The Morgan fingerprint density at radius 2 is 1.52 bits per heavy atom. The zero-order valence-electron chi connectivity index (χ0n) is 14.3. The number of likely N-dealkylation sites (N-methyl/N-ethyl adjacent to an activating group) is 1. The van der Waals surface area contributed by atoms with Gasteiger partial charge >= 0.3 is 5.97 Å². The minimum Gasteiger partial charge on any atom is -0.464 e. The molecule has 4 bridgehead atoms. The van der Waals surface area contributed by atoms with Gasteiger partial charge in [0.1, 0.15) is 6.61 Å². The number of nitrogens with zero attached hydrogens (tertiary/aromatic N) is 2. The number of carbonyl (C=O) groups is 1. The van der Waals surface area contributed by atoms with Crippen LogP contribution in [0.3, 0.4) is 0 Å². The van der Waals surface area contributed by atoms with E-state index in [2.05, 4.69) is 0 Å². The van der Waals surface area contributed by atoms with Crippen LogP contribution >= 0.6 is 0 Å². The Balaban J connectivity index is 1.54. The minimum absolute atomic E-state index is 0.0905. The third-order valence-corrected chi connectivity index (χ3v) is 7.86. The first-order chi connectivity index (χ1) is 10.7. The summed E-state index contributed by atoms with van der Waals surface area (Å²) < 4.78 is 31.8. The molecule has 0 aromatic carbocycles. The second-order valence-electron chi connectivity index (χ2n) is 7.95. The molecule has 0 N–H and O–H groups in total. The minimum atomic E-state index is -3.44. The first-order valence-corrected chi connectivity index (χ1v) is 9.94. The lowest BCUT2D eigenvalue weighted by molar-refractivity contribution is -0.171. The van der Waals surface area contributed by atoms with Crippen LogP contribution in [0.5, 0.6) is 0 Å². The number of ether oxygens (including phenoxy) is 1. The number of hydrogen-bond donors (Lipinski definition) is 0. The van der Waals surface area contributed by atoms with Gasteiger partial charge in [0.25, 0.3) is 10.2 Å². The summed E-state index contributed by atoms with van der Waals surface area (Å²) in [5.74, 6) is 2.01. The Morgan fingerprint density at radius 3 is 1.96 bits per heavy atom. The molecule has 0 aliphatic heterocycles. The lowest BCUT2D eigenvalue weighted by Gasteiger charge is -2.55. The zero-order chi connectivity index (χ0) is 16.8. The topological polar surface area (TPSA) is 66.9 Å². The molecule has 0 atom stereocenters. The number of rotatable bonds is 6. The number of carbonyl (C=O) groups excluding carboxylic acids is 1. The Labute approximate surface area is 139 Å². The SMILES string of the molecule is CN(C)S(=O)(=O)N(C)CCOC(=O)C12CC3CC(CC(C3)C1)C2. The van der Waals surface area contributed by atoms with Crippen molar-refractivity contribution in [3.63, 3.8) is 0 Å². The molecule has 0 spiro atoms. The summed E-state index contributed by atoms with van der Waals surface area (Å²) in [6, 6.07) is 0. The van der Waals surface area contributed by atoms with E-state index in [9.17, 15) is 13.2 Å². The molecular formula is C16H28N2O4S. The van der Waals surface area contributed by atoms with Crippen LogP contribution in [0.4, 0.5) is 0 Å². The molecule has 4 fully saturated rings. The summed E-state index contributed by atoms with van der Waals surface area (Å²) in [6.07, 6.45) is 6.79. The Bertz CT molecular complexity index is 537. The van der Waals surface area contributed by atoms with Crippen molar-refractivity contribution in [2.45, 2.75) is 38.5 Å². The van der Waals surface area contributed by atoms with Crippen molar-refractivity contribution in [1.29, 1.82) is 0 Å². The standard InChI is InChI=1S/C16H28N2O4S/c1-17(2)23(20,21)18(3)4-5-22-15(19)16-9-12-6-13(10-16)8-14(7-12)11-16/h12-14H,4-11H2,1-3H3. The molecule has 7 heteroatoms. The van der Waals surface area contributed by atoms with Crippen molar-refractivity contribution in [2.24, 2.45) is 23.2 Å². The van der Waals surface area contributed by atoms with Crippen LogP contribution in [0.2, 0.25) is 0 Å². The van der Waals surface area contributed by atoms with Crippen molar-refractivity contribution >= 4 is 16.2 Å². The Kier molecular flexibility index (Phi) is 4.48. The van der Waals surface area contributed by atoms with E-state index in [1.165, 1.54) is 44.7 Å². The van der Waals surface area contributed by atoms with E-state index in [-0.39, 0.29) is 24.5 Å². The molecule has 4 saturated carbocycles. The molecule has 0 heterocycles. The molecule has 0 aromatic rings.